The van der Waals surface area contributed by atoms with E-state index in [-0.39, 0.29) is 12.0 Å². The molecule has 3 rings (SSSR count). The topological polar surface area (TPSA) is 49.3 Å². The minimum absolute atomic E-state index is 0.0810. The highest BCUT2D eigenvalue weighted by Crippen LogP contribution is 2.28. The van der Waals surface area contributed by atoms with Gasteiger partial charge in [0.05, 0.1) is 5.92 Å². The monoisotopic (exact) mass is 153 g/mol. The highest BCUT2D eigenvalue weighted by atomic mass is 16.4. The summed E-state index contributed by atoms with van der Waals surface area (Å²) in [5, 5.41) is 12.0. The van der Waals surface area contributed by atoms with Gasteiger partial charge in [0, 0.05) is 12.6 Å². The van der Waals surface area contributed by atoms with Gasteiger partial charge in [-0.15, -0.1) is 0 Å². The van der Waals surface area contributed by atoms with Gasteiger partial charge < -0.3 is 10.4 Å². The molecule has 0 aromatic heterocycles. The molecule has 1 aliphatic carbocycles. The molecule has 0 saturated carbocycles. The molecule has 0 aromatic carbocycles. The maximum atomic E-state index is 10.7. The molecular weight excluding hydrogens is 142 g/mol. The molecule has 0 aromatic rings. The first kappa shape index (κ1) is 6.85. The zero-order chi connectivity index (χ0) is 7.84. The highest BCUT2D eigenvalue weighted by Gasteiger charge is 2.35. The van der Waals surface area contributed by atoms with E-state index in [1.54, 1.807) is 0 Å². The standard InChI is InChI=1S/C8H11NO2/c10-8(11)6-3-5-1-2-7(6)9-4-5/h1-2,5-7,9H,3-4H2,(H,10,11)/t5-,6+,7-/m1/s1. The van der Waals surface area contributed by atoms with Crippen molar-refractivity contribution in [2.24, 2.45) is 11.8 Å². The number of carboxylic acids is 1. The molecule has 2 bridgehead atoms. The Morgan fingerprint density at radius 3 is 2.64 bits per heavy atom. The van der Waals surface area contributed by atoms with Crippen LogP contribution in [-0.2, 0) is 4.79 Å². The summed E-state index contributed by atoms with van der Waals surface area (Å²) in [5.74, 6) is -0.420. The first-order chi connectivity index (χ1) is 5.27. The zero-order valence-electron chi connectivity index (χ0n) is 6.16. The first-order valence-electron chi connectivity index (χ1n) is 3.92. The lowest BCUT2D eigenvalue weighted by Gasteiger charge is -2.36. The quantitative estimate of drug-likeness (QED) is 0.530. The Hall–Kier alpha value is -0.830. The number of carboxylic acid groups (broad SMARTS) is 1. The SMILES string of the molecule is O=C(O)[C@H]1C[C@H]2C=C[C@H]1NC2. The van der Waals surface area contributed by atoms with Crippen LogP contribution in [0, 0.1) is 11.8 Å². The molecular formula is C8H11NO2. The Morgan fingerprint density at radius 2 is 2.36 bits per heavy atom. The van der Waals surface area contributed by atoms with E-state index < -0.39 is 5.97 Å². The molecule has 2 heterocycles. The number of nitrogens with one attached hydrogen (secondary N) is 1. The van der Waals surface area contributed by atoms with E-state index in [0.29, 0.717) is 5.92 Å². The summed E-state index contributed by atoms with van der Waals surface area (Å²) in [6.45, 7) is 0.949. The Bertz CT molecular complexity index is 212. The third-order valence-electron chi connectivity index (χ3n) is 2.51. The molecule has 1 fully saturated rings. The summed E-state index contributed by atoms with van der Waals surface area (Å²) in [5.41, 5.74) is 0. The van der Waals surface area contributed by atoms with Crippen LogP contribution in [0.15, 0.2) is 12.2 Å². The predicted octanol–water partition coefficient (Wildman–Crippen LogP) is 0.235. The maximum Gasteiger partial charge on any atom is 0.308 e. The summed E-state index contributed by atoms with van der Waals surface area (Å²) in [6.07, 6.45) is 4.92. The van der Waals surface area contributed by atoms with Crippen LogP contribution in [0.5, 0.6) is 0 Å². The van der Waals surface area contributed by atoms with Gasteiger partial charge in [0.1, 0.15) is 0 Å². The van der Waals surface area contributed by atoms with Gasteiger partial charge in [-0.25, -0.2) is 0 Å². The molecule has 0 unspecified atom stereocenters. The van der Waals surface area contributed by atoms with Crippen LogP contribution in [0.25, 0.3) is 0 Å². The van der Waals surface area contributed by atoms with Crippen molar-refractivity contribution in [2.45, 2.75) is 12.5 Å². The van der Waals surface area contributed by atoms with Gasteiger partial charge in [0.2, 0.25) is 0 Å². The fourth-order valence-corrected chi connectivity index (χ4v) is 1.87. The molecule has 3 aliphatic rings. The van der Waals surface area contributed by atoms with Gasteiger partial charge >= 0.3 is 5.97 Å². The Balaban J connectivity index is 2.17. The van der Waals surface area contributed by atoms with Gasteiger partial charge in [-0.1, -0.05) is 12.2 Å². The average molecular weight is 153 g/mol. The lowest BCUT2D eigenvalue weighted by atomic mass is 9.79. The maximum absolute atomic E-state index is 10.7. The van der Waals surface area contributed by atoms with Crippen molar-refractivity contribution in [1.82, 2.24) is 5.32 Å². The van der Waals surface area contributed by atoms with Crippen molar-refractivity contribution in [3.05, 3.63) is 12.2 Å². The van der Waals surface area contributed by atoms with Gasteiger partial charge in [-0.3, -0.25) is 4.79 Å². The van der Waals surface area contributed by atoms with Crippen LogP contribution in [0.3, 0.4) is 0 Å². The van der Waals surface area contributed by atoms with E-state index >= 15 is 0 Å². The molecule has 0 radical (unpaired) electrons. The Morgan fingerprint density at radius 1 is 1.55 bits per heavy atom. The van der Waals surface area contributed by atoms with Crippen LogP contribution >= 0.6 is 0 Å². The number of rotatable bonds is 1. The van der Waals surface area contributed by atoms with E-state index in [1.807, 2.05) is 6.08 Å². The van der Waals surface area contributed by atoms with Crippen molar-refractivity contribution in [3.63, 3.8) is 0 Å². The normalized spacial score (nSPS) is 40.9. The Labute approximate surface area is 65.1 Å². The van der Waals surface area contributed by atoms with Crippen LogP contribution < -0.4 is 5.32 Å². The van der Waals surface area contributed by atoms with Crippen LogP contribution in [0.4, 0.5) is 0 Å². The van der Waals surface area contributed by atoms with E-state index in [4.69, 9.17) is 5.11 Å². The molecule has 1 saturated heterocycles. The summed E-state index contributed by atoms with van der Waals surface area (Å²) < 4.78 is 0. The fraction of sp³-hybridized carbons (Fsp3) is 0.625. The molecule has 3 heteroatoms. The molecule has 0 amide bonds. The summed E-state index contributed by atoms with van der Waals surface area (Å²) in [4.78, 5) is 10.7. The molecule has 2 aliphatic heterocycles. The number of fused-ring (bicyclic) bond motifs is 2. The van der Waals surface area contributed by atoms with Gasteiger partial charge in [-0.2, -0.15) is 0 Å². The molecule has 3 nitrogen and oxygen atoms in total. The van der Waals surface area contributed by atoms with E-state index in [0.717, 1.165) is 13.0 Å². The molecule has 2 N–H and O–H groups in total. The van der Waals surface area contributed by atoms with E-state index in [1.165, 1.54) is 0 Å². The van der Waals surface area contributed by atoms with E-state index in [2.05, 4.69) is 11.4 Å². The van der Waals surface area contributed by atoms with Crippen molar-refractivity contribution >= 4 is 5.97 Å². The van der Waals surface area contributed by atoms with Crippen molar-refractivity contribution in [2.75, 3.05) is 6.54 Å². The van der Waals surface area contributed by atoms with Crippen LogP contribution in [-0.4, -0.2) is 23.7 Å². The van der Waals surface area contributed by atoms with Gasteiger partial charge in [0.15, 0.2) is 0 Å². The van der Waals surface area contributed by atoms with E-state index in [9.17, 15) is 4.79 Å². The smallest absolute Gasteiger partial charge is 0.308 e. The van der Waals surface area contributed by atoms with Crippen LogP contribution in [0.1, 0.15) is 6.42 Å². The summed E-state index contributed by atoms with van der Waals surface area (Å²) in [7, 11) is 0. The second-order valence-corrected chi connectivity index (χ2v) is 3.26. The number of aliphatic carboxylic acids is 1. The largest absolute Gasteiger partial charge is 0.481 e. The molecule has 60 valence electrons. The molecule has 3 atom stereocenters. The lowest BCUT2D eigenvalue weighted by Crippen LogP contribution is -2.49. The van der Waals surface area contributed by atoms with Crippen molar-refractivity contribution < 1.29 is 9.90 Å². The minimum Gasteiger partial charge on any atom is -0.481 e. The average Bonchev–Trinajstić information content (AvgIpc) is 2.06. The second kappa shape index (κ2) is 2.34. The number of piperidine rings is 1. The summed E-state index contributed by atoms with van der Waals surface area (Å²) in [6, 6.07) is 0.0810. The van der Waals surface area contributed by atoms with Crippen molar-refractivity contribution in [3.8, 4) is 0 Å². The summed E-state index contributed by atoms with van der Waals surface area (Å²) >= 11 is 0. The Kier molecular flexibility index (Phi) is 1.46. The number of hydrogen-bond acceptors (Lipinski definition) is 2. The third kappa shape index (κ3) is 1.05. The number of hydrogen-bond donors (Lipinski definition) is 2. The van der Waals surface area contributed by atoms with Crippen LogP contribution in [0.2, 0.25) is 0 Å². The minimum atomic E-state index is -0.670. The van der Waals surface area contributed by atoms with Gasteiger partial charge in [-0.05, 0) is 12.3 Å². The van der Waals surface area contributed by atoms with Gasteiger partial charge in [0.25, 0.3) is 0 Å². The lowest BCUT2D eigenvalue weighted by molar-refractivity contribution is -0.143. The third-order valence-corrected chi connectivity index (χ3v) is 2.51. The fourth-order valence-electron chi connectivity index (χ4n) is 1.87. The van der Waals surface area contributed by atoms with Crippen molar-refractivity contribution in [1.29, 1.82) is 0 Å². The molecule has 11 heavy (non-hydrogen) atoms. The molecule has 0 spiro atoms. The highest BCUT2D eigenvalue weighted by molar-refractivity contribution is 5.72. The zero-order valence-corrected chi connectivity index (χ0v) is 6.16. The number of carbonyl (C=O) groups is 1. The predicted molar refractivity (Wildman–Crippen MR) is 40.2 cm³/mol. The first-order valence-corrected chi connectivity index (χ1v) is 3.92. The second-order valence-electron chi connectivity index (χ2n) is 3.26.